The van der Waals surface area contributed by atoms with Gasteiger partial charge in [0.1, 0.15) is 0 Å². The fourth-order valence-corrected chi connectivity index (χ4v) is 4.13. The zero-order chi connectivity index (χ0) is 20.9. The van der Waals surface area contributed by atoms with Crippen molar-refractivity contribution in [1.82, 2.24) is 4.57 Å². The van der Waals surface area contributed by atoms with Gasteiger partial charge in [-0.05, 0) is 48.0 Å². The topological polar surface area (TPSA) is 65.1 Å². The summed E-state index contributed by atoms with van der Waals surface area (Å²) in [5.41, 5.74) is 2.67. The molecule has 0 saturated heterocycles. The summed E-state index contributed by atoms with van der Waals surface area (Å²) in [7, 11) is 0. The lowest BCUT2D eigenvalue weighted by Crippen LogP contribution is -1.97. The molecule has 4 rings (SSSR count). The van der Waals surface area contributed by atoms with E-state index < -0.39 is 4.92 Å². The van der Waals surface area contributed by atoms with Crippen LogP contribution in [0.4, 0.5) is 5.69 Å². The van der Waals surface area contributed by atoms with E-state index in [9.17, 15) is 14.9 Å². The van der Waals surface area contributed by atoms with Crippen LogP contribution in [0.5, 0.6) is 0 Å². The molecule has 2 aromatic heterocycles. The third kappa shape index (κ3) is 4.45. The Kier molecular flexibility index (Phi) is 5.68. The number of aromatic nitrogens is 1. The lowest BCUT2D eigenvalue weighted by atomic mass is 10.1. The Bertz CT molecular complexity index is 1220. The molecule has 0 aliphatic heterocycles. The van der Waals surface area contributed by atoms with Gasteiger partial charge in [0.25, 0.3) is 5.69 Å². The molecule has 0 radical (unpaired) electrons. The number of thiophene rings is 1. The van der Waals surface area contributed by atoms with Crippen LogP contribution in [-0.4, -0.2) is 15.3 Å². The minimum atomic E-state index is -0.421. The smallest absolute Gasteiger partial charge is 0.271 e. The molecule has 0 spiro atoms. The molecule has 0 aliphatic carbocycles. The Morgan fingerprint density at radius 1 is 1.00 bits per heavy atom. The molecule has 0 N–H and O–H groups in total. The highest BCUT2D eigenvalue weighted by Gasteiger charge is 2.10. The molecule has 6 heteroatoms. The van der Waals surface area contributed by atoms with Crippen LogP contribution in [0.15, 0.2) is 91.1 Å². The molecule has 4 aromatic rings. The lowest BCUT2D eigenvalue weighted by Gasteiger charge is -2.06. The van der Waals surface area contributed by atoms with Crippen molar-refractivity contribution in [3.8, 4) is 5.69 Å². The van der Waals surface area contributed by atoms with Gasteiger partial charge >= 0.3 is 0 Å². The Balaban J connectivity index is 1.50. The molecule has 148 valence electrons. The average molecular weight is 414 g/mol. The summed E-state index contributed by atoms with van der Waals surface area (Å²) in [5.74, 6) is -0.0638. The van der Waals surface area contributed by atoms with E-state index >= 15 is 0 Å². The van der Waals surface area contributed by atoms with Gasteiger partial charge < -0.3 is 4.57 Å². The number of ketones is 1. The van der Waals surface area contributed by atoms with Crippen molar-refractivity contribution in [2.24, 2.45) is 0 Å². The van der Waals surface area contributed by atoms with E-state index in [0.717, 1.165) is 17.0 Å². The number of nitro groups is 1. The van der Waals surface area contributed by atoms with Crippen molar-refractivity contribution in [3.05, 3.63) is 122 Å². The largest absolute Gasteiger partial charge is 0.317 e. The number of carbonyl (C=O) groups excluding carboxylic acids is 1. The van der Waals surface area contributed by atoms with Crippen LogP contribution in [0.1, 0.15) is 25.8 Å². The highest BCUT2D eigenvalue weighted by molar-refractivity contribution is 7.14. The zero-order valence-corrected chi connectivity index (χ0v) is 16.8. The van der Waals surface area contributed by atoms with Crippen molar-refractivity contribution in [2.45, 2.75) is 6.42 Å². The van der Waals surface area contributed by atoms with Crippen molar-refractivity contribution in [1.29, 1.82) is 0 Å². The summed E-state index contributed by atoms with van der Waals surface area (Å²) < 4.78 is 1.81. The second-order valence-corrected chi connectivity index (χ2v) is 7.87. The zero-order valence-electron chi connectivity index (χ0n) is 16.0. The van der Waals surface area contributed by atoms with Gasteiger partial charge in [-0.3, -0.25) is 14.9 Å². The summed E-state index contributed by atoms with van der Waals surface area (Å²) in [6, 6.07) is 24.1. The molecule has 0 aliphatic rings. The SMILES string of the molecule is O=C(/C=C/c1cccn1-c1cccc([N+](=O)[O-])c1)c1ccc(Cc2ccccc2)s1. The van der Waals surface area contributed by atoms with E-state index in [1.165, 1.54) is 29.0 Å². The quantitative estimate of drug-likeness (QED) is 0.163. The number of carbonyl (C=O) groups is 1. The first-order chi connectivity index (χ1) is 14.6. The van der Waals surface area contributed by atoms with E-state index in [2.05, 4.69) is 12.1 Å². The standard InChI is InChI=1S/C24H18N2O3S/c27-23(24-14-12-22(30-24)16-18-6-2-1-3-7-18)13-11-19-10-5-15-25(19)20-8-4-9-21(17-20)26(28)29/h1-15,17H,16H2/b13-11+. The Morgan fingerprint density at radius 3 is 2.63 bits per heavy atom. The van der Waals surface area contributed by atoms with Crippen LogP contribution < -0.4 is 0 Å². The summed E-state index contributed by atoms with van der Waals surface area (Å²) >= 11 is 1.50. The van der Waals surface area contributed by atoms with Gasteiger partial charge in [0, 0.05) is 35.3 Å². The van der Waals surface area contributed by atoms with Crippen LogP contribution >= 0.6 is 11.3 Å². The van der Waals surface area contributed by atoms with Crippen LogP contribution in [0.25, 0.3) is 11.8 Å². The van der Waals surface area contributed by atoms with Crippen molar-refractivity contribution in [2.75, 3.05) is 0 Å². The van der Waals surface area contributed by atoms with Gasteiger partial charge in [0.05, 0.1) is 15.5 Å². The first-order valence-electron chi connectivity index (χ1n) is 9.37. The summed E-state index contributed by atoms with van der Waals surface area (Å²) in [6.45, 7) is 0. The summed E-state index contributed by atoms with van der Waals surface area (Å²) in [5, 5.41) is 11.0. The normalized spacial score (nSPS) is 11.1. The molecule has 30 heavy (non-hydrogen) atoms. The van der Waals surface area contributed by atoms with Gasteiger partial charge in [-0.1, -0.05) is 36.4 Å². The highest BCUT2D eigenvalue weighted by atomic mass is 32.1. The minimum absolute atomic E-state index is 0.0248. The lowest BCUT2D eigenvalue weighted by molar-refractivity contribution is -0.384. The number of benzene rings is 2. The van der Waals surface area contributed by atoms with Crippen molar-refractivity contribution in [3.63, 3.8) is 0 Å². The second-order valence-electron chi connectivity index (χ2n) is 6.71. The van der Waals surface area contributed by atoms with E-state index in [1.54, 1.807) is 24.3 Å². The number of allylic oxidation sites excluding steroid dienone is 1. The van der Waals surface area contributed by atoms with Gasteiger partial charge in [0.2, 0.25) is 0 Å². The van der Waals surface area contributed by atoms with Crippen LogP contribution in [0.2, 0.25) is 0 Å². The Labute approximate surface area is 177 Å². The predicted octanol–water partition coefficient (Wildman–Crippen LogP) is 5.93. The molecule has 2 aromatic carbocycles. The molecule has 0 amide bonds. The first kappa shape index (κ1) is 19.5. The molecule has 0 bridgehead atoms. The molecular weight excluding hydrogens is 396 g/mol. The monoisotopic (exact) mass is 414 g/mol. The molecule has 2 heterocycles. The van der Waals surface area contributed by atoms with E-state index in [4.69, 9.17) is 0 Å². The molecule has 0 saturated carbocycles. The third-order valence-electron chi connectivity index (χ3n) is 4.63. The second kappa shape index (κ2) is 8.71. The fraction of sp³-hybridized carbons (Fsp3) is 0.0417. The molecule has 0 atom stereocenters. The van der Waals surface area contributed by atoms with E-state index in [1.807, 2.05) is 53.2 Å². The molecular formula is C24H18N2O3S. The number of hydrogen-bond acceptors (Lipinski definition) is 4. The van der Waals surface area contributed by atoms with Crippen molar-refractivity contribution < 1.29 is 9.72 Å². The summed E-state index contributed by atoms with van der Waals surface area (Å²) in [6.07, 6.45) is 5.89. The maximum Gasteiger partial charge on any atom is 0.271 e. The molecule has 0 fully saturated rings. The molecule has 5 nitrogen and oxygen atoms in total. The number of nitrogens with zero attached hydrogens (tertiary/aromatic N) is 2. The number of nitro benzene ring substituents is 1. The van der Waals surface area contributed by atoms with Crippen LogP contribution in [0.3, 0.4) is 0 Å². The third-order valence-corrected chi connectivity index (χ3v) is 5.73. The predicted molar refractivity (Wildman–Crippen MR) is 119 cm³/mol. The maximum atomic E-state index is 12.6. The average Bonchev–Trinajstić information content (AvgIpc) is 3.42. The molecule has 0 unspecified atom stereocenters. The van der Waals surface area contributed by atoms with Crippen molar-refractivity contribution >= 4 is 28.9 Å². The first-order valence-corrected chi connectivity index (χ1v) is 10.2. The summed E-state index contributed by atoms with van der Waals surface area (Å²) in [4.78, 5) is 25.1. The van der Waals surface area contributed by atoms with E-state index in [-0.39, 0.29) is 11.5 Å². The Hall–Kier alpha value is -3.77. The number of hydrogen-bond donors (Lipinski definition) is 0. The Morgan fingerprint density at radius 2 is 1.83 bits per heavy atom. The maximum absolute atomic E-state index is 12.6. The minimum Gasteiger partial charge on any atom is -0.317 e. The highest BCUT2D eigenvalue weighted by Crippen LogP contribution is 2.22. The number of non-ortho nitro benzene ring substituents is 1. The van der Waals surface area contributed by atoms with Crippen LogP contribution in [-0.2, 0) is 6.42 Å². The van der Waals surface area contributed by atoms with E-state index in [0.29, 0.717) is 10.6 Å². The van der Waals surface area contributed by atoms with Gasteiger partial charge in [-0.2, -0.15) is 0 Å². The van der Waals surface area contributed by atoms with Crippen LogP contribution in [0, 0.1) is 10.1 Å². The van der Waals surface area contributed by atoms with Gasteiger partial charge in [-0.25, -0.2) is 0 Å². The van der Waals surface area contributed by atoms with Gasteiger partial charge in [-0.15, -0.1) is 11.3 Å². The van der Waals surface area contributed by atoms with Gasteiger partial charge in [0.15, 0.2) is 5.78 Å². The number of rotatable bonds is 7. The fourth-order valence-electron chi connectivity index (χ4n) is 3.17.